The summed E-state index contributed by atoms with van der Waals surface area (Å²) < 4.78 is 16.7. The Morgan fingerprint density at radius 3 is 2.79 bits per heavy atom. The van der Waals surface area contributed by atoms with E-state index in [-0.39, 0.29) is 24.6 Å². The molecule has 0 saturated carbocycles. The zero-order valence-corrected chi connectivity index (χ0v) is 16.2. The Bertz CT molecular complexity index is 1050. The second-order valence-electron chi connectivity index (χ2n) is 7.11. The molecule has 0 spiro atoms. The summed E-state index contributed by atoms with van der Waals surface area (Å²) in [6, 6.07) is 12.9. The molecule has 1 aromatic heterocycles. The predicted molar refractivity (Wildman–Crippen MR) is 108 cm³/mol. The lowest BCUT2D eigenvalue weighted by Crippen LogP contribution is -2.22. The number of carbonyl (C=O) groups excluding carboxylic acids is 1. The molecule has 0 bridgehead atoms. The third-order valence-corrected chi connectivity index (χ3v) is 4.51. The van der Waals surface area contributed by atoms with Gasteiger partial charge in [-0.2, -0.15) is 0 Å². The van der Waals surface area contributed by atoms with Crippen LogP contribution >= 0.6 is 0 Å². The summed E-state index contributed by atoms with van der Waals surface area (Å²) in [6.07, 6.45) is 0.915. The van der Waals surface area contributed by atoms with Gasteiger partial charge in [0.1, 0.15) is 12.4 Å². The van der Waals surface area contributed by atoms with Crippen LogP contribution in [0.5, 0.6) is 17.2 Å². The molecule has 7 heteroatoms. The second-order valence-corrected chi connectivity index (χ2v) is 7.11. The summed E-state index contributed by atoms with van der Waals surface area (Å²) >= 11 is 0. The summed E-state index contributed by atoms with van der Waals surface area (Å²) in [5.41, 5.74) is 2.42. The van der Waals surface area contributed by atoms with Gasteiger partial charge in [0.2, 0.25) is 0 Å². The number of alkyl carbamates (subject to hydrolysis) is 1. The fourth-order valence-corrected chi connectivity index (χ4v) is 3.19. The van der Waals surface area contributed by atoms with Gasteiger partial charge in [-0.3, -0.25) is 4.98 Å². The minimum Gasteiger partial charge on any atom is -0.504 e. The SMILES string of the molecule is CC(C)Oc1ccc(-c2cc(OC[C@H]3CNC(=O)O3)c3cccnc3c2)cc1O. The quantitative estimate of drug-likeness (QED) is 0.659. The number of hydrogen-bond acceptors (Lipinski definition) is 6. The van der Waals surface area contributed by atoms with Gasteiger partial charge < -0.3 is 24.6 Å². The van der Waals surface area contributed by atoms with Crippen LogP contribution in [0.15, 0.2) is 48.7 Å². The molecule has 7 nitrogen and oxygen atoms in total. The number of carbonyl (C=O) groups is 1. The first kappa shape index (κ1) is 18.9. The molecule has 1 atom stereocenters. The van der Waals surface area contributed by atoms with Crippen molar-refractivity contribution in [3.05, 3.63) is 48.7 Å². The van der Waals surface area contributed by atoms with Crippen molar-refractivity contribution in [1.82, 2.24) is 10.3 Å². The molecule has 1 saturated heterocycles. The highest BCUT2D eigenvalue weighted by Crippen LogP contribution is 2.36. The van der Waals surface area contributed by atoms with Gasteiger partial charge in [-0.1, -0.05) is 6.07 Å². The van der Waals surface area contributed by atoms with Gasteiger partial charge in [-0.05, 0) is 61.4 Å². The standard InChI is InChI=1S/C22H22N2O5/c1-13(2)28-20-6-5-14(9-19(20)25)15-8-18-17(4-3-7-23-18)21(10-15)27-12-16-11-24-22(26)29-16/h3-10,13,16,25H,11-12H2,1-2H3,(H,24,26)/t16-/m1/s1. The first-order valence-corrected chi connectivity index (χ1v) is 9.45. The number of nitrogens with zero attached hydrogens (tertiary/aromatic N) is 1. The second kappa shape index (κ2) is 7.87. The van der Waals surface area contributed by atoms with Gasteiger partial charge >= 0.3 is 6.09 Å². The van der Waals surface area contributed by atoms with Crippen molar-refractivity contribution in [2.75, 3.05) is 13.2 Å². The first-order chi connectivity index (χ1) is 14.0. The fraction of sp³-hybridized carbons (Fsp3) is 0.273. The molecule has 0 unspecified atom stereocenters. The number of cyclic esters (lactones) is 1. The highest BCUT2D eigenvalue weighted by atomic mass is 16.6. The van der Waals surface area contributed by atoms with Crippen molar-refractivity contribution in [1.29, 1.82) is 0 Å². The van der Waals surface area contributed by atoms with E-state index in [4.69, 9.17) is 14.2 Å². The Kier molecular flexibility index (Phi) is 5.12. The van der Waals surface area contributed by atoms with E-state index in [1.807, 2.05) is 44.2 Å². The molecule has 1 aliphatic rings. The molecule has 2 N–H and O–H groups in total. The number of ether oxygens (including phenoxy) is 3. The molecule has 0 radical (unpaired) electrons. The van der Waals surface area contributed by atoms with Crippen molar-refractivity contribution in [2.24, 2.45) is 0 Å². The lowest BCUT2D eigenvalue weighted by Gasteiger charge is -2.15. The number of aromatic nitrogens is 1. The normalized spacial score (nSPS) is 16.0. The van der Waals surface area contributed by atoms with E-state index in [1.54, 1.807) is 18.3 Å². The molecule has 29 heavy (non-hydrogen) atoms. The molecule has 2 aromatic carbocycles. The Balaban J connectivity index is 1.66. The minimum absolute atomic E-state index is 0.0317. The molecule has 0 aliphatic carbocycles. The molecule has 3 aromatic rings. The van der Waals surface area contributed by atoms with E-state index in [9.17, 15) is 9.90 Å². The van der Waals surface area contributed by atoms with Gasteiger partial charge in [-0.15, -0.1) is 0 Å². The molecular formula is C22H22N2O5. The van der Waals surface area contributed by atoms with Crippen LogP contribution in [-0.2, 0) is 4.74 Å². The number of pyridine rings is 1. The highest BCUT2D eigenvalue weighted by Gasteiger charge is 2.23. The lowest BCUT2D eigenvalue weighted by atomic mass is 10.0. The fourth-order valence-electron chi connectivity index (χ4n) is 3.19. The van der Waals surface area contributed by atoms with Crippen LogP contribution in [0.1, 0.15) is 13.8 Å². The molecule has 1 amide bonds. The number of phenolic OH excluding ortho intramolecular Hbond substituents is 1. The van der Waals surface area contributed by atoms with Gasteiger partial charge in [0.05, 0.1) is 18.2 Å². The van der Waals surface area contributed by atoms with Crippen molar-refractivity contribution in [2.45, 2.75) is 26.1 Å². The predicted octanol–water partition coefficient (Wildman–Crippen LogP) is 3.88. The molecule has 2 heterocycles. The first-order valence-electron chi connectivity index (χ1n) is 9.45. The van der Waals surface area contributed by atoms with Crippen LogP contribution in [-0.4, -0.2) is 41.5 Å². The molecular weight excluding hydrogens is 372 g/mol. The topological polar surface area (TPSA) is 89.9 Å². The van der Waals surface area contributed by atoms with Gasteiger partial charge in [-0.25, -0.2) is 4.79 Å². The van der Waals surface area contributed by atoms with E-state index in [0.717, 1.165) is 22.0 Å². The van der Waals surface area contributed by atoms with Gasteiger partial charge in [0, 0.05) is 11.6 Å². The van der Waals surface area contributed by atoms with Crippen LogP contribution < -0.4 is 14.8 Å². The number of amides is 1. The smallest absolute Gasteiger partial charge is 0.407 e. The van der Waals surface area contributed by atoms with Crippen LogP contribution in [0.25, 0.3) is 22.0 Å². The molecule has 1 aliphatic heterocycles. The number of fused-ring (bicyclic) bond motifs is 1. The summed E-state index contributed by atoms with van der Waals surface area (Å²) in [5.74, 6) is 1.15. The highest BCUT2D eigenvalue weighted by molar-refractivity contribution is 5.90. The third kappa shape index (κ3) is 4.18. The number of hydrogen-bond donors (Lipinski definition) is 2. The Labute approximate surface area is 168 Å². The maximum Gasteiger partial charge on any atom is 0.407 e. The van der Waals surface area contributed by atoms with Crippen molar-refractivity contribution >= 4 is 17.0 Å². The number of benzene rings is 2. The van der Waals surface area contributed by atoms with Crippen molar-refractivity contribution in [3.8, 4) is 28.4 Å². The largest absolute Gasteiger partial charge is 0.504 e. The van der Waals surface area contributed by atoms with E-state index in [1.165, 1.54) is 0 Å². The number of phenols is 1. The summed E-state index contributed by atoms with van der Waals surface area (Å²) in [5, 5.41) is 13.8. The molecule has 150 valence electrons. The Morgan fingerprint density at radius 2 is 2.07 bits per heavy atom. The zero-order valence-electron chi connectivity index (χ0n) is 16.2. The molecule has 1 fully saturated rings. The lowest BCUT2D eigenvalue weighted by molar-refractivity contribution is 0.105. The number of rotatable bonds is 6. The van der Waals surface area contributed by atoms with E-state index >= 15 is 0 Å². The van der Waals surface area contributed by atoms with E-state index in [2.05, 4.69) is 10.3 Å². The Morgan fingerprint density at radius 1 is 1.21 bits per heavy atom. The summed E-state index contributed by atoms with van der Waals surface area (Å²) in [6.45, 7) is 4.46. The van der Waals surface area contributed by atoms with E-state index in [0.29, 0.717) is 18.0 Å². The monoisotopic (exact) mass is 394 g/mol. The third-order valence-electron chi connectivity index (χ3n) is 4.51. The van der Waals surface area contributed by atoms with E-state index < -0.39 is 6.09 Å². The summed E-state index contributed by atoms with van der Waals surface area (Å²) in [7, 11) is 0. The average molecular weight is 394 g/mol. The number of aromatic hydroxyl groups is 1. The zero-order chi connectivity index (χ0) is 20.4. The van der Waals surface area contributed by atoms with Crippen LogP contribution in [0.4, 0.5) is 4.79 Å². The van der Waals surface area contributed by atoms with Gasteiger partial charge in [0.15, 0.2) is 17.6 Å². The Hall–Kier alpha value is -3.48. The molecule has 4 rings (SSSR count). The van der Waals surface area contributed by atoms with Gasteiger partial charge in [0.25, 0.3) is 0 Å². The maximum absolute atomic E-state index is 11.2. The van der Waals surface area contributed by atoms with Crippen molar-refractivity contribution in [3.63, 3.8) is 0 Å². The summed E-state index contributed by atoms with van der Waals surface area (Å²) in [4.78, 5) is 15.6. The van der Waals surface area contributed by atoms with Crippen LogP contribution in [0.3, 0.4) is 0 Å². The minimum atomic E-state index is -0.432. The average Bonchev–Trinajstić information content (AvgIpc) is 3.12. The van der Waals surface area contributed by atoms with Crippen LogP contribution in [0, 0.1) is 0 Å². The number of nitrogens with one attached hydrogen (secondary N) is 1. The van der Waals surface area contributed by atoms with Crippen LogP contribution in [0.2, 0.25) is 0 Å². The maximum atomic E-state index is 11.2. The van der Waals surface area contributed by atoms with Crippen molar-refractivity contribution < 1.29 is 24.1 Å².